The average molecular weight is 406 g/mol. The molecule has 0 bridgehead atoms. The fraction of sp³-hybridized carbons (Fsp3) is 0.263. The predicted octanol–water partition coefficient (Wildman–Crippen LogP) is 1.88. The van der Waals surface area contributed by atoms with Crippen molar-refractivity contribution >= 4 is 27.7 Å². The Hall–Kier alpha value is -2.91. The van der Waals surface area contributed by atoms with Crippen LogP contribution in [0.25, 0.3) is 11.1 Å². The number of carbonyl (C=O) groups is 2. The summed E-state index contributed by atoms with van der Waals surface area (Å²) < 4.78 is 35.9. The molecule has 0 aliphatic rings. The monoisotopic (exact) mass is 406 g/mol. The van der Waals surface area contributed by atoms with Gasteiger partial charge in [-0.2, -0.15) is 8.42 Å². The lowest BCUT2D eigenvalue weighted by molar-refractivity contribution is -0.145. The molecular formula is C19H22N2O6S. The second-order valence-corrected chi connectivity index (χ2v) is 7.56. The van der Waals surface area contributed by atoms with E-state index in [0.29, 0.717) is 16.8 Å². The number of benzene rings is 2. The molecule has 0 saturated carbocycles. The third-order valence-electron chi connectivity index (χ3n) is 3.96. The van der Waals surface area contributed by atoms with Crippen LogP contribution in [-0.2, 0) is 19.6 Å². The Morgan fingerprint density at radius 1 is 1.11 bits per heavy atom. The van der Waals surface area contributed by atoms with Gasteiger partial charge in [-0.15, -0.1) is 0 Å². The van der Waals surface area contributed by atoms with E-state index in [1.807, 2.05) is 0 Å². The molecule has 1 amide bonds. The Morgan fingerprint density at radius 3 is 2.32 bits per heavy atom. The quantitative estimate of drug-likeness (QED) is 0.346. The zero-order valence-corrected chi connectivity index (χ0v) is 16.1. The van der Waals surface area contributed by atoms with Crippen molar-refractivity contribution in [2.24, 2.45) is 0 Å². The summed E-state index contributed by atoms with van der Waals surface area (Å²) in [7, 11) is -4.30. The topological polar surface area (TPSA) is 136 Å². The zero-order valence-electron chi connectivity index (χ0n) is 15.3. The molecule has 0 radical (unpaired) electrons. The van der Waals surface area contributed by atoms with Gasteiger partial charge in [0.1, 0.15) is 6.04 Å². The van der Waals surface area contributed by atoms with Crippen LogP contribution in [-0.4, -0.2) is 43.2 Å². The number of anilines is 1. The van der Waals surface area contributed by atoms with Crippen molar-refractivity contribution in [2.45, 2.75) is 19.4 Å². The van der Waals surface area contributed by atoms with E-state index in [0.717, 1.165) is 0 Å². The molecule has 2 rings (SSSR count). The molecule has 0 aliphatic carbocycles. The molecule has 0 spiro atoms. The smallest absolute Gasteiger partial charge is 0.328 e. The summed E-state index contributed by atoms with van der Waals surface area (Å²) in [5, 5.41) is 2.49. The number of nitrogens with one attached hydrogen (secondary N) is 1. The van der Waals surface area contributed by atoms with Gasteiger partial charge < -0.3 is 15.8 Å². The van der Waals surface area contributed by atoms with Crippen LogP contribution in [0.3, 0.4) is 0 Å². The number of ether oxygens (including phenoxy) is 1. The molecule has 150 valence electrons. The first-order valence-electron chi connectivity index (χ1n) is 8.59. The Labute approximate surface area is 163 Å². The maximum Gasteiger partial charge on any atom is 0.328 e. The minimum Gasteiger partial charge on any atom is -0.464 e. The zero-order chi connectivity index (χ0) is 20.7. The van der Waals surface area contributed by atoms with E-state index in [2.05, 4.69) is 5.32 Å². The fourth-order valence-electron chi connectivity index (χ4n) is 2.65. The van der Waals surface area contributed by atoms with E-state index in [9.17, 15) is 18.0 Å². The van der Waals surface area contributed by atoms with Crippen molar-refractivity contribution < 1.29 is 27.3 Å². The Bertz CT molecular complexity index is 958. The van der Waals surface area contributed by atoms with Gasteiger partial charge in [0, 0.05) is 16.8 Å². The van der Waals surface area contributed by atoms with Crippen LogP contribution < -0.4 is 11.1 Å². The molecule has 28 heavy (non-hydrogen) atoms. The van der Waals surface area contributed by atoms with Crippen LogP contribution in [0, 0.1) is 0 Å². The highest BCUT2D eigenvalue weighted by molar-refractivity contribution is 7.85. The van der Waals surface area contributed by atoms with Crippen LogP contribution in [0.2, 0.25) is 0 Å². The first-order valence-corrected chi connectivity index (χ1v) is 10.2. The molecule has 1 atom stereocenters. The van der Waals surface area contributed by atoms with Gasteiger partial charge in [-0.25, -0.2) is 4.79 Å². The van der Waals surface area contributed by atoms with Crippen LogP contribution in [0.5, 0.6) is 0 Å². The maximum atomic E-state index is 12.8. The predicted molar refractivity (Wildman–Crippen MR) is 105 cm³/mol. The van der Waals surface area contributed by atoms with Crippen LogP contribution in [0.4, 0.5) is 5.69 Å². The largest absolute Gasteiger partial charge is 0.464 e. The molecule has 2 aromatic rings. The summed E-state index contributed by atoms with van der Waals surface area (Å²) in [5.41, 5.74) is 7.97. The van der Waals surface area contributed by atoms with E-state index in [-0.39, 0.29) is 18.6 Å². The fourth-order valence-corrected chi connectivity index (χ4v) is 3.19. The van der Waals surface area contributed by atoms with Gasteiger partial charge in [0.15, 0.2) is 0 Å². The lowest BCUT2D eigenvalue weighted by atomic mass is 9.97. The van der Waals surface area contributed by atoms with E-state index >= 15 is 0 Å². The highest BCUT2D eigenvalue weighted by atomic mass is 32.2. The van der Waals surface area contributed by atoms with Gasteiger partial charge in [0.2, 0.25) is 0 Å². The molecule has 4 N–H and O–H groups in total. The number of nitrogens with two attached hydrogens (primary N) is 1. The van der Waals surface area contributed by atoms with E-state index in [4.69, 9.17) is 15.0 Å². The van der Waals surface area contributed by atoms with Gasteiger partial charge in [0.25, 0.3) is 16.0 Å². The summed E-state index contributed by atoms with van der Waals surface area (Å²) in [6, 6.07) is 12.5. The summed E-state index contributed by atoms with van der Waals surface area (Å²) in [4.78, 5) is 24.9. The van der Waals surface area contributed by atoms with Crippen LogP contribution in [0.15, 0.2) is 48.5 Å². The summed E-state index contributed by atoms with van der Waals surface area (Å²) in [6.07, 6.45) is -0.320. The maximum absolute atomic E-state index is 12.8. The van der Waals surface area contributed by atoms with Crippen molar-refractivity contribution in [3.05, 3.63) is 54.1 Å². The summed E-state index contributed by atoms with van der Waals surface area (Å²) in [6.45, 7) is 1.65. The molecule has 0 aliphatic heterocycles. The van der Waals surface area contributed by atoms with Gasteiger partial charge in [0.05, 0.1) is 12.4 Å². The van der Waals surface area contributed by atoms with E-state index < -0.39 is 33.8 Å². The highest BCUT2D eigenvalue weighted by Gasteiger charge is 2.25. The minimum absolute atomic E-state index is 0.0637. The summed E-state index contributed by atoms with van der Waals surface area (Å²) >= 11 is 0. The third-order valence-corrected chi connectivity index (χ3v) is 4.72. The van der Waals surface area contributed by atoms with Gasteiger partial charge >= 0.3 is 5.97 Å². The molecule has 8 nitrogen and oxygen atoms in total. The standard InChI is InChI=1S/C19H22N2O6S/c1-2-27-19(23)17(11-12-28(24,25)26)21-18(22)15-9-4-3-7-13(15)14-8-5-6-10-16(14)20/h3-10,17H,2,11-12,20H2,1H3,(H,21,22)(H,24,25,26)/t17-/m0/s1. The Balaban J connectivity index is 2.31. The molecule has 2 aromatic carbocycles. The number of carbonyl (C=O) groups excluding carboxylic acids is 2. The number of esters is 1. The number of hydrogen-bond donors (Lipinski definition) is 3. The molecule has 9 heteroatoms. The number of para-hydroxylation sites is 1. The Morgan fingerprint density at radius 2 is 1.71 bits per heavy atom. The molecular weight excluding hydrogens is 384 g/mol. The SMILES string of the molecule is CCOC(=O)[C@H](CCS(=O)(=O)O)NC(=O)c1ccccc1-c1ccccc1N. The van der Waals surface area contributed by atoms with Gasteiger partial charge in [-0.1, -0.05) is 36.4 Å². The lowest BCUT2D eigenvalue weighted by Crippen LogP contribution is -2.43. The minimum atomic E-state index is -4.30. The van der Waals surface area contributed by atoms with Crippen LogP contribution in [0.1, 0.15) is 23.7 Å². The molecule has 0 heterocycles. The van der Waals surface area contributed by atoms with E-state index in [1.54, 1.807) is 55.5 Å². The van der Waals surface area contributed by atoms with Crippen molar-refractivity contribution in [3.8, 4) is 11.1 Å². The van der Waals surface area contributed by atoms with Crippen molar-refractivity contribution in [1.82, 2.24) is 5.32 Å². The summed E-state index contributed by atoms with van der Waals surface area (Å²) in [5.74, 6) is -2.06. The number of rotatable bonds is 8. The number of hydrogen-bond acceptors (Lipinski definition) is 6. The van der Waals surface area contributed by atoms with E-state index in [1.165, 1.54) is 0 Å². The van der Waals surface area contributed by atoms with Gasteiger partial charge in [-0.05, 0) is 31.0 Å². The van der Waals surface area contributed by atoms with Crippen molar-refractivity contribution in [3.63, 3.8) is 0 Å². The highest BCUT2D eigenvalue weighted by Crippen LogP contribution is 2.28. The number of amides is 1. The molecule has 0 saturated heterocycles. The second-order valence-electron chi connectivity index (χ2n) is 5.99. The third kappa shape index (κ3) is 5.80. The average Bonchev–Trinajstić information content (AvgIpc) is 2.65. The van der Waals surface area contributed by atoms with Crippen molar-refractivity contribution in [2.75, 3.05) is 18.1 Å². The normalized spacial score (nSPS) is 12.2. The first kappa shape index (κ1) is 21.4. The van der Waals surface area contributed by atoms with Crippen LogP contribution >= 0.6 is 0 Å². The van der Waals surface area contributed by atoms with Crippen molar-refractivity contribution in [1.29, 1.82) is 0 Å². The molecule has 0 fully saturated rings. The first-order chi connectivity index (χ1) is 13.2. The molecule has 0 unspecified atom stereocenters. The number of nitrogen functional groups attached to an aromatic ring is 1. The Kier molecular flexibility index (Phi) is 7.13. The molecule has 0 aromatic heterocycles. The lowest BCUT2D eigenvalue weighted by Gasteiger charge is -2.18. The second kappa shape index (κ2) is 9.34. The van der Waals surface area contributed by atoms with Gasteiger partial charge in [-0.3, -0.25) is 9.35 Å².